The average Bonchev–Trinajstić information content (AvgIpc) is 2.56. The van der Waals surface area contributed by atoms with Crippen molar-refractivity contribution in [2.75, 3.05) is 7.11 Å². The molecule has 1 aliphatic rings. The fourth-order valence-corrected chi connectivity index (χ4v) is 1.98. The lowest BCUT2D eigenvalue weighted by Gasteiger charge is -2.11. The molecule has 11 heavy (non-hydrogen) atoms. The van der Waals surface area contributed by atoms with Gasteiger partial charge in [-0.15, -0.1) is 0 Å². The van der Waals surface area contributed by atoms with E-state index in [1.54, 1.807) is 14.0 Å². The van der Waals surface area contributed by atoms with Crippen LogP contribution in [-0.4, -0.2) is 27.0 Å². The summed E-state index contributed by atoms with van der Waals surface area (Å²) in [6.07, 6.45) is -0.0829. The molecule has 0 aromatic heterocycles. The van der Waals surface area contributed by atoms with Gasteiger partial charge in [0.1, 0.15) is 0 Å². The maximum absolute atomic E-state index is 10.7. The zero-order valence-electron chi connectivity index (χ0n) is 6.73. The molecule has 0 fully saturated rings. The monoisotopic (exact) mass is 180 g/mol. The summed E-state index contributed by atoms with van der Waals surface area (Å²) in [6.45, 7) is 3.63. The normalized spacial score (nSPS) is 35.1. The van der Waals surface area contributed by atoms with Gasteiger partial charge in [-0.25, -0.2) is 8.39 Å². The van der Waals surface area contributed by atoms with Gasteiger partial charge < -0.3 is 4.74 Å². The highest BCUT2D eigenvalue weighted by Crippen LogP contribution is 2.23. The molecule has 0 saturated carbocycles. The fraction of sp³-hybridized carbons (Fsp3) is 0.833. The Bertz CT molecular complexity index is 264. The van der Waals surface area contributed by atoms with Crippen LogP contribution in [0.5, 0.6) is 0 Å². The Labute approximate surface area is 66.5 Å². The average molecular weight is 180 g/mol. The molecule has 0 saturated heterocycles. The third-order valence-electron chi connectivity index (χ3n) is 1.87. The first-order chi connectivity index (χ1) is 4.99. The zero-order valence-corrected chi connectivity index (χ0v) is 7.55. The fourth-order valence-electron chi connectivity index (χ4n) is 0.801. The number of ether oxygens (including phenoxy) is 1. The molecule has 1 heterocycles. The maximum Gasteiger partial charge on any atom is 0.235 e. The summed E-state index contributed by atoms with van der Waals surface area (Å²) in [6, 6.07) is 0. The lowest BCUT2D eigenvalue weighted by molar-refractivity contribution is 0.0939. The molecule has 3 atom stereocenters. The van der Waals surface area contributed by atoms with Gasteiger partial charge in [0.25, 0.3) is 0 Å². The SMILES string of the molecule is COC(C)C(C)C1=S(=O)(O)O1. The Balaban J connectivity index is 2.66. The second-order valence-corrected chi connectivity index (χ2v) is 4.13. The van der Waals surface area contributed by atoms with Crippen LogP contribution >= 0.6 is 0 Å². The molecule has 0 amide bonds. The number of hydrogen-bond donors (Lipinski definition) is 1. The molecule has 0 aliphatic carbocycles. The summed E-state index contributed by atoms with van der Waals surface area (Å²) in [7, 11) is -1.47. The molecule has 0 spiro atoms. The lowest BCUT2D eigenvalue weighted by atomic mass is 10.1. The summed E-state index contributed by atoms with van der Waals surface area (Å²) in [5.41, 5.74) is 0. The minimum Gasteiger partial charge on any atom is -0.381 e. The smallest absolute Gasteiger partial charge is 0.235 e. The van der Waals surface area contributed by atoms with Crippen LogP contribution < -0.4 is 0 Å². The molecule has 4 nitrogen and oxygen atoms in total. The molecule has 0 aromatic carbocycles. The van der Waals surface area contributed by atoms with Crippen LogP contribution in [0.3, 0.4) is 0 Å². The van der Waals surface area contributed by atoms with E-state index >= 15 is 0 Å². The third-order valence-corrected chi connectivity index (χ3v) is 3.09. The van der Waals surface area contributed by atoms with Crippen molar-refractivity contribution in [2.45, 2.75) is 20.0 Å². The van der Waals surface area contributed by atoms with Crippen LogP contribution in [0.2, 0.25) is 0 Å². The second-order valence-electron chi connectivity index (χ2n) is 2.61. The highest BCUT2D eigenvalue weighted by atomic mass is 32.3. The Kier molecular flexibility index (Phi) is 2.24. The summed E-state index contributed by atoms with van der Waals surface area (Å²) >= 11 is 0. The van der Waals surface area contributed by atoms with Gasteiger partial charge in [-0.1, -0.05) is 6.92 Å². The first-order valence-electron chi connectivity index (χ1n) is 3.34. The van der Waals surface area contributed by atoms with Gasteiger partial charge in [-0.2, -0.15) is 0 Å². The molecule has 1 rings (SSSR count). The van der Waals surface area contributed by atoms with E-state index in [0.717, 1.165) is 0 Å². The predicted molar refractivity (Wildman–Crippen MR) is 42.5 cm³/mol. The molecule has 1 aliphatic heterocycles. The van der Waals surface area contributed by atoms with Crippen molar-refractivity contribution in [2.24, 2.45) is 5.92 Å². The van der Waals surface area contributed by atoms with Crippen molar-refractivity contribution < 1.29 is 17.7 Å². The van der Waals surface area contributed by atoms with E-state index in [2.05, 4.69) is 4.18 Å². The van der Waals surface area contributed by atoms with Crippen molar-refractivity contribution in [3.8, 4) is 0 Å². The van der Waals surface area contributed by atoms with E-state index in [4.69, 9.17) is 9.29 Å². The van der Waals surface area contributed by atoms with E-state index in [0.29, 0.717) is 0 Å². The molecule has 0 bridgehead atoms. The minimum absolute atomic E-state index is 0.0829. The Hall–Kier alpha value is -0.100. The van der Waals surface area contributed by atoms with Crippen molar-refractivity contribution >= 4 is 15.1 Å². The molecular formula is C6H12O4S. The summed E-state index contributed by atoms with van der Waals surface area (Å²) in [5.74, 6) is -0.113. The molecule has 66 valence electrons. The van der Waals surface area contributed by atoms with E-state index in [9.17, 15) is 4.21 Å². The van der Waals surface area contributed by atoms with Gasteiger partial charge in [0.2, 0.25) is 10.1 Å². The lowest BCUT2D eigenvalue weighted by Crippen LogP contribution is -2.20. The van der Waals surface area contributed by atoms with Crippen LogP contribution in [-0.2, 0) is 19.0 Å². The molecule has 3 unspecified atom stereocenters. The molecule has 0 aromatic rings. The minimum atomic E-state index is -3.03. The van der Waals surface area contributed by atoms with Crippen molar-refractivity contribution in [1.29, 1.82) is 0 Å². The van der Waals surface area contributed by atoms with Crippen LogP contribution in [0.25, 0.3) is 0 Å². The van der Waals surface area contributed by atoms with E-state index in [1.807, 2.05) is 6.92 Å². The Morgan fingerprint density at radius 1 is 1.64 bits per heavy atom. The molecule has 1 N–H and O–H groups in total. The second kappa shape index (κ2) is 2.75. The van der Waals surface area contributed by atoms with Gasteiger partial charge in [-0.3, -0.25) is 4.55 Å². The van der Waals surface area contributed by atoms with Crippen LogP contribution in [0.15, 0.2) is 0 Å². The topological polar surface area (TPSA) is 59.1 Å². The Morgan fingerprint density at radius 3 is 2.36 bits per heavy atom. The van der Waals surface area contributed by atoms with Gasteiger partial charge in [0, 0.05) is 13.0 Å². The summed E-state index contributed by atoms with van der Waals surface area (Å²) in [5, 5.41) is 0.256. The number of methoxy groups -OCH3 is 1. The summed E-state index contributed by atoms with van der Waals surface area (Å²) in [4.78, 5) is 0. The Morgan fingerprint density at radius 2 is 2.09 bits per heavy atom. The van der Waals surface area contributed by atoms with Crippen LogP contribution in [0, 0.1) is 5.92 Å². The standard InChI is InChI=1S/C6H12O4S/c1-4(5(2)9-3)6-10-11(6,7)8/h4-5H,1-3H3,(H,7,8). The first kappa shape index (κ1) is 8.99. The molecule has 0 radical (unpaired) electrons. The maximum atomic E-state index is 10.7. The van der Waals surface area contributed by atoms with E-state index < -0.39 is 10.1 Å². The van der Waals surface area contributed by atoms with E-state index in [1.165, 1.54) is 0 Å². The highest BCUT2D eigenvalue weighted by molar-refractivity contribution is 7.99. The number of rotatable bonds is 3. The molecular weight excluding hydrogens is 168 g/mol. The van der Waals surface area contributed by atoms with Crippen LogP contribution in [0.1, 0.15) is 13.8 Å². The molecule has 5 heteroatoms. The van der Waals surface area contributed by atoms with E-state index in [-0.39, 0.29) is 17.1 Å². The van der Waals surface area contributed by atoms with Gasteiger partial charge >= 0.3 is 0 Å². The van der Waals surface area contributed by atoms with Crippen molar-refractivity contribution in [1.82, 2.24) is 0 Å². The van der Waals surface area contributed by atoms with Crippen LogP contribution in [0.4, 0.5) is 0 Å². The number of hydrogen-bond acceptors (Lipinski definition) is 3. The van der Waals surface area contributed by atoms with Gasteiger partial charge in [0.15, 0.2) is 5.05 Å². The largest absolute Gasteiger partial charge is 0.381 e. The van der Waals surface area contributed by atoms with Crippen molar-refractivity contribution in [3.05, 3.63) is 0 Å². The highest BCUT2D eigenvalue weighted by Gasteiger charge is 2.38. The quantitative estimate of drug-likeness (QED) is 0.642. The first-order valence-corrected chi connectivity index (χ1v) is 4.78. The van der Waals surface area contributed by atoms with Gasteiger partial charge in [0.05, 0.1) is 6.10 Å². The third kappa shape index (κ3) is 1.73. The zero-order chi connectivity index (χ0) is 8.65. The van der Waals surface area contributed by atoms with Gasteiger partial charge in [-0.05, 0) is 6.92 Å². The van der Waals surface area contributed by atoms with Crippen molar-refractivity contribution in [3.63, 3.8) is 0 Å². The summed E-state index contributed by atoms with van der Waals surface area (Å²) < 4.78 is 29.0. The predicted octanol–water partition coefficient (Wildman–Crippen LogP) is 0.490.